The topological polar surface area (TPSA) is 51.1 Å². The van der Waals surface area contributed by atoms with E-state index in [0.29, 0.717) is 17.1 Å². The van der Waals surface area contributed by atoms with Crippen LogP contribution in [-0.2, 0) is 13.6 Å². The van der Waals surface area contributed by atoms with Crippen LogP contribution in [0.1, 0.15) is 15.9 Å². The zero-order valence-corrected chi connectivity index (χ0v) is 11.1. The van der Waals surface area contributed by atoms with Crippen LogP contribution in [0.25, 0.3) is 0 Å². The Hall–Kier alpha value is -2.07. The highest BCUT2D eigenvalue weighted by Crippen LogP contribution is 2.10. The molecule has 0 aliphatic rings. The number of amides is 1. The Bertz CT molecular complexity index is 664. The number of halogens is 1. The molecular formula is C14H13ClN2O2. The van der Waals surface area contributed by atoms with Crippen LogP contribution < -0.4 is 10.9 Å². The Morgan fingerprint density at radius 2 is 2.11 bits per heavy atom. The van der Waals surface area contributed by atoms with Gasteiger partial charge in [-0.3, -0.25) is 9.59 Å². The molecule has 0 saturated heterocycles. The number of hydrogen-bond donors (Lipinski definition) is 1. The van der Waals surface area contributed by atoms with Crippen LogP contribution in [0.3, 0.4) is 0 Å². The number of rotatable bonds is 3. The van der Waals surface area contributed by atoms with Crippen molar-refractivity contribution in [2.24, 2.45) is 7.05 Å². The number of hydrogen-bond acceptors (Lipinski definition) is 2. The summed E-state index contributed by atoms with van der Waals surface area (Å²) in [4.78, 5) is 23.3. The number of aromatic nitrogens is 1. The van der Waals surface area contributed by atoms with Crippen LogP contribution in [-0.4, -0.2) is 10.5 Å². The third kappa shape index (κ3) is 3.45. The van der Waals surface area contributed by atoms with Gasteiger partial charge in [0, 0.05) is 36.4 Å². The van der Waals surface area contributed by atoms with E-state index in [0.717, 1.165) is 5.56 Å². The molecule has 0 spiro atoms. The number of benzene rings is 1. The van der Waals surface area contributed by atoms with Crippen molar-refractivity contribution in [1.29, 1.82) is 0 Å². The zero-order valence-electron chi connectivity index (χ0n) is 10.4. The molecule has 0 fully saturated rings. The first-order valence-corrected chi connectivity index (χ1v) is 6.13. The molecule has 0 atom stereocenters. The van der Waals surface area contributed by atoms with Gasteiger partial charge in [-0.25, -0.2) is 0 Å². The molecule has 1 N–H and O–H groups in total. The molecule has 0 bridgehead atoms. The number of nitrogens with one attached hydrogen (secondary N) is 1. The average molecular weight is 277 g/mol. The van der Waals surface area contributed by atoms with Crippen LogP contribution >= 0.6 is 11.6 Å². The van der Waals surface area contributed by atoms with Gasteiger partial charge in [0.25, 0.3) is 11.5 Å². The number of carbonyl (C=O) groups is 1. The lowest BCUT2D eigenvalue weighted by molar-refractivity contribution is 0.0950. The monoisotopic (exact) mass is 276 g/mol. The van der Waals surface area contributed by atoms with Crippen molar-refractivity contribution < 1.29 is 4.79 Å². The first-order valence-electron chi connectivity index (χ1n) is 5.75. The van der Waals surface area contributed by atoms with Gasteiger partial charge in [0.1, 0.15) is 0 Å². The van der Waals surface area contributed by atoms with E-state index >= 15 is 0 Å². The Kier molecular flexibility index (Phi) is 4.02. The summed E-state index contributed by atoms with van der Waals surface area (Å²) in [5, 5.41) is 3.37. The molecule has 0 unspecified atom stereocenters. The molecule has 0 radical (unpaired) electrons. The smallest absolute Gasteiger partial charge is 0.251 e. The lowest BCUT2D eigenvalue weighted by Crippen LogP contribution is -2.25. The minimum atomic E-state index is -0.280. The summed E-state index contributed by atoms with van der Waals surface area (Å²) in [7, 11) is 1.63. The van der Waals surface area contributed by atoms with E-state index in [1.165, 1.54) is 10.6 Å². The molecule has 2 rings (SSSR count). The minimum Gasteiger partial charge on any atom is -0.348 e. The highest BCUT2D eigenvalue weighted by molar-refractivity contribution is 6.30. The predicted octanol–water partition coefficient (Wildman–Crippen LogP) is 1.97. The van der Waals surface area contributed by atoms with Gasteiger partial charge in [-0.05, 0) is 23.8 Å². The van der Waals surface area contributed by atoms with Gasteiger partial charge in [0.05, 0.1) is 0 Å². The molecule has 1 aromatic carbocycles. The summed E-state index contributed by atoms with van der Waals surface area (Å²) in [6.07, 6.45) is 1.57. The standard InChI is InChI=1S/C14H13ClN2O2/c1-17-6-5-11(8-13(17)18)14(19)16-9-10-3-2-4-12(15)7-10/h2-8H,9H2,1H3,(H,16,19). The molecule has 1 aromatic heterocycles. The fraction of sp³-hybridized carbons (Fsp3) is 0.143. The highest BCUT2D eigenvalue weighted by atomic mass is 35.5. The van der Waals surface area contributed by atoms with Crippen molar-refractivity contribution in [1.82, 2.24) is 9.88 Å². The first kappa shape index (κ1) is 13.4. The maximum atomic E-state index is 11.9. The van der Waals surface area contributed by atoms with Gasteiger partial charge in [0.15, 0.2) is 0 Å². The molecule has 0 aliphatic heterocycles. The van der Waals surface area contributed by atoms with E-state index in [2.05, 4.69) is 5.32 Å². The van der Waals surface area contributed by atoms with Gasteiger partial charge in [-0.2, -0.15) is 0 Å². The third-order valence-electron chi connectivity index (χ3n) is 2.71. The molecule has 2 aromatic rings. The van der Waals surface area contributed by atoms with Crippen LogP contribution in [0.15, 0.2) is 47.4 Å². The maximum Gasteiger partial charge on any atom is 0.251 e. The normalized spacial score (nSPS) is 10.2. The third-order valence-corrected chi connectivity index (χ3v) is 2.94. The van der Waals surface area contributed by atoms with E-state index in [9.17, 15) is 9.59 Å². The van der Waals surface area contributed by atoms with Gasteiger partial charge >= 0.3 is 0 Å². The average Bonchev–Trinajstić information content (AvgIpc) is 2.39. The van der Waals surface area contributed by atoms with Gasteiger partial charge in [-0.1, -0.05) is 23.7 Å². The Morgan fingerprint density at radius 1 is 1.32 bits per heavy atom. The van der Waals surface area contributed by atoms with Gasteiger partial charge in [-0.15, -0.1) is 0 Å². The number of nitrogens with zero attached hydrogens (tertiary/aromatic N) is 1. The second-order valence-corrected chi connectivity index (χ2v) is 4.61. The fourth-order valence-corrected chi connectivity index (χ4v) is 1.83. The summed E-state index contributed by atoms with van der Waals surface area (Å²) in [6.45, 7) is 0.370. The van der Waals surface area contributed by atoms with Crippen LogP contribution in [0, 0.1) is 0 Å². The van der Waals surface area contributed by atoms with E-state index < -0.39 is 0 Å². The summed E-state index contributed by atoms with van der Waals surface area (Å²) in [5.41, 5.74) is 1.05. The Morgan fingerprint density at radius 3 is 2.79 bits per heavy atom. The fourth-order valence-electron chi connectivity index (χ4n) is 1.62. The number of aryl methyl sites for hydroxylation is 1. The Balaban J connectivity index is 2.05. The minimum absolute atomic E-state index is 0.213. The molecule has 5 heteroatoms. The molecular weight excluding hydrogens is 264 g/mol. The predicted molar refractivity (Wildman–Crippen MR) is 74.3 cm³/mol. The second-order valence-electron chi connectivity index (χ2n) is 4.18. The molecule has 98 valence electrons. The van der Waals surface area contributed by atoms with E-state index in [-0.39, 0.29) is 11.5 Å². The van der Waals surface area contributed by atoms with Crippen molar-refractivity contribution in [3.8, 4) is 0 Å². The maximum absolute atomic E-state index is 11.9. The molecule has 1 amide bonds. The van der Waals surface area contributed by atoms with Crippen LogP contribution in [0.4, 0.5) is 0 Å². The number of carbonyl (C=O) groups excluding carboxylic acids is 1. The highest BCUT2D eigenvalue weighted by Gasteiger charge is 2.06. The summed E-state index contributed by atoms with van der Waals surface area (Å²) < 4.78 is 1.41. The molecule has 0 aliphatic carbocycles. The molecule has 1 heterocycles. The quantitative estimate of drug-likeness (QED) is 0.932. The second kappa shape index (κ2) is 5.71. The van der Waals surface area contributed by atoms with Crippen molar-refractivity contribution in [2.45, 2.75) is 6.54 Å². The SMILES string of the molecule is Cn1ccc(C(=O)NCc2cccc(Cl)c2)cc1=O. The van der Waals surface area contributed by atoms with Crippen molar-refractivity contribution >= 4 is 17.5 Å². The Labute approximate surface area is 115 Å². The molecule has 4 nitrogen and oxygen atoms in total. The zero-order chi connectivity index (χ0) is 13.8. The van der Waals surface area contributed by atoms with Crippen molar-refractivity contribution in [2.75, 3.05) is 0 Å². The lowest BCUT2D eigenvalue weighted by atomic mass is 10.2. The van der Waals surface area contributed by atoms with Gasteiger partial charge in [0.2, 0.25) is 0 Å². The number of pyridine rings is 1. The molecule has 19 heavy (non-hydrogen) atoms. The first-order chi connectivity index (χ1) is 9.06. The summed E-state index contributed by atoms with van der Waals surface area (Å²) in [6, 6.07) is 10.2. The van der Waals surface area contributed by atoms with Crippen LogP contribution in [0.2, 0.25) is 5.02 Å². The van der Waals surface area contributed by atoms with Crippen molar-refractivity contribution in [3.63, 3.8) is 0 Å². The van der Waals surface area contributed by atoms with Crippen molar-refractivity contribution in [3.05, 3.63) is 69.1 Å². The lowest BCUT2D eigenvalue weighted by Gasteiger charge is -2.06. The summed E-state index contributed by atoms with van der Waals surface area (Å²) >= 11 is 5.86. The van der Waals surface area contributed by atoms with Gasteiger partial charge < -0.3 is 9.88 Å². The van der Waals surface area contributed by atoms with Crippen LogP contribution in [0.5, 0.6) is 0 Å². The van der Waals surface area contributed by atoms with E-state index in [1.54, 1.807) is 31.4 Å². The summed E-state index contributed by atoms with van der Waals surface area (Å²) in [5.74, 6) is -0.280. The largest absolute Gasteiger partial charge is 0.348 e. The van der Waals surface area contributed by atoms with E-state index in [4.69, 9.17) is 11.6 Å². The van der Waals surface area contributed by atoms with E-state index in [1.807, 2.05) is 12.1 Å². The molecule has 0 saturated carbocycles.